The minimum atomic E-state index is -3.23. The molecule has 0 aliphatic carbocycles. The lowest BCUT2D eigenvalue weighted by Crippen LogP contribution is -2.12. The SMILES string of the molecule is CCS(=O)(=O)c1c(C)cc(Cl)cc1CN.Cl. The van der Waals surface area contributed by atoms with Gasteiger partial charge in [-0.05, 0) is 30.2 Å². The molecule has 0 aliphatic heterocycles. The molecule has 0 aliphatic rings. The first kappa shape index (κ1) is 15.7. The van der Waals surface area contributed by atoms with E-state index < -0.39 is 9.84 Å². The largest absolute Gasteiger partial charge is 0.326 e. The molecular weight excluding hydrogens is 269 g/mol. The average Bonchev–Trinajstić information content (AvgIpc) is 2.15. The van der Waals surface area contributed by atoms with Crippen molar-refractivity contribution in [2.45, 2.75) is 25.3 Å². The number of benzene rings is 1. The molecule has 1 rings (SSSR count). The number of rotatable bonds is 3. The van der Waals surface area contributed by atoms with E-state index in [0.717, 1.165) is 0 Å². The van der Waals surface area contributed by atoms with Crippen molar-refractivity contribution in [3.63, 3.8) is 0 Å². The lowest BCUT2D eigenvalue weighted by Gasteiger charge is -2.11. The zero-order valence-electron chi connectivity index (χ0n) is 9.16. The van der Waals surface area contributed by atoms with Crippen LogP contribution >= 0.6 is 24.0 Å². The lowest BCUT2D eigenvalue weighted by molar-refractivity contribution is 0.595. The maximum Gasteiger partial charge on any atom is 0.178 e. The second-order valence-corrected chi connectivity index (χ2v) is 5.97. The monoisotopic (exact) mass is 283 g/mol. The van der Waals surface area contributed by atoms with Gasteiger partial charge in [0, 0.05) is 11.6 Å². The molecule has 2 N–H and O–H groups in total. The smallest absolute Gasteiger partial charge is 0.178 e. The highest BCUT2D eigenvalue weighted by Gasteiger charge is 2.19. The summed E-state index contributed by atoms with van der Waals surface area (Å²) in [6.07, 6.45) is 0. The van der Waals surface area contributed by atoms with Gasteiger partial charge >= 0.3 is 0 Å². The van der Waals surface area contributed by atoms with E-state index in [1.54, 1.807) is 26.0 Å². The number of hydrogen-bond acceptors (Lipinski definition) is 3. The Bertz CT molecular complexity index is 472. The molecule has 0 saturated carbocycles. The van der Waals surface area contributed by atoms with Crippen molar-refractivity contribution in [2.24, 2.45) is 5.73 Å². The summed E-state index contributed by atoms with van der Waals surface area (Å²) < 4.78 is 23.6. The number of aryl methyl sites for hydroxylation is 1. The predicted octanol–water partition coefficient (Wildman–Crippen LogP) is 2.32. The first-order valence-electron chi connectivity index (χ1n) is 4.64. The average molecular weight is 284 g/mol. The Balaban J connectivity index is 0.00000225. The molecule has 3 nitrogen and oxygen atoms in total. The van der Waals surface area contributed by atoms with E-state index in [9.17, 15) is 8.42 Å². The molecule has 0 amide bonds. The molecule has 1 aromatic rings. The molecule has 16 heavy (non-hydrogen) atoms. The normalized spacial score (nSPS) is 11.0. The maximum absolute atomic E-state index is 11.8. The van der Waals surface area contributed by atoms with Crippen LogP contribution in [0.2, 0.25) is 5.02 Å². The Kier molecular flexibility index (Phi) is 5.76. The Hall–Kier alpha value is -0.290. The van der Waals surface area contributed by atoms with E-state index >= 15 is 0 Å². The van der Waals surface area contributed by atoms with Crippen LogP contribution in [-0.2, 0) is 16.4 Å². The van der Waals surface area contributed by atoms with Crippen LogP contribution in [0.5, 0.6) is 0 Å². The van der Waals surface area contributed by atoms with Crippen LogP contribution in [0.25, 0.3) is 0 Å². The van der Waals surface area contributed by atoms with E-state index in [-0.39, 0.29) is 24.7 Å². The summed E-state index contributed by atoms with van der Waals surface area (Å²) in [5.41, 5.74) is 6.76. The minimum Gasteiger partial charge on any atom is -0.326 e. The third-order valence-corrected chi connectivity index (χ3v) is 4.41. The van der Waals surface area contributed by atoms with Crippen LogP contribution < -0.4 is 5.73 Å². The van der Waals surface area contributed by atoms with Crippen molar-refractivity contribution in [3.05, 3.63) is 28.3 Å². The Morgan fingerprint density at radius 2 is 1.94 bits per heavy atom. The van der Waals surface area contributed by atoms with Crippen LogP contribution in [-0.4, -0.2) is 14.2 Å². The van der Waals surface area contributed by atoms with Crippen molar-refractivity contribution >= 4 is 33.8 Å². The quantitative estimate of drug-likeness (QED) is 0.926. The lowest BCUT2D eigenvalue weighted by atomic mass is 10.1. The number of halogens is 2. The Morgan fingerprint density at radius 1 is 1.38 bits per heavy atom. The van der Waals surface area contributed by atoms with Gasteiger partial charge in [-0.2, -0.15) is 0 Å². The van der Waals surface area contributed by atoms with Crippen LogP contribution in [0.1, 0.15) is 18.1 Å². The van der Waals surface area contributed by atoms with E-state index in [1.165, 1.54) is 0 Å². The molecule has 0 heterocycles. The van der Waals surface area contributed by atoms with Gasteiger partial charge < -0.3 is 5.73 Å². The molecule has 1 aromatic carbocycles. The van der Waals surface area contributed by atoms with Gasteiger partial charge in [-0.3, -0.25) is 0 Å². The van der Waals surface area contributed by atoms with E-state index in [1.807, 2.05) is 0 Å². The van der Waals surface area contributed by atoms with Crippen LogP contribution in [0, 0.1) is 6.92 Å². The maximum atomic E-state index is 11.8. The molecule has 0 radical (unpaired) electrons. The first-order chi connectivity index (χ1) is 6.92. The van der Waals surface area contributed by atoms with Crippen LogP contribution in [0.4, 0.5) is 0 Å². The van der Waals surface area contributed by atoms with Crippen molar-refractivity contribution in [1.82, 2.24) is 0 Å². The molecule has 92 valence electrons. The van der Waals surface area contributed by atoms with E-state index in [2.05, 4.69) is 0 Å². The van der Waals surface area contributed by atoms with E-state index in [4.69, 9.17) is 17.3 Å². The molecule has 0 spiro atoms. The summed E-state index contributed by atoms with van der Waals surface area (Å²) >= 11 is 5.84. The minimum absolute atomic E-state index is 0. The predicted molar refractivity (Wildman–Crippen MR) is 69.1 cm³/mol. The van der Waals surface area contributed by atoms with Gasteiger partial charge in [0.15, 0.2) is 9.84 Å². The summed E-state index contributed by atoms with van der Waals surface area (Å²) in [5, 5.41) is 0.517. The van der Waals surface area contributed by atoms with Crippen LogP contribution in [0.15, 0.2) is 17.0 Å². The molecule has 0 unspecified atom stereocenters. The molecular formula is C10H15Cl2NO2S. The van der Waals surface area contributed by atoms with Gasteiger partial charge in [-0.25, -0.2) is 8.42 Å². The van der Waals surface area contributed by atoms with Crippen molar-refractivity contribution in [3.8, 4) is 0 Å². The topological polar surface area (TPSA) is 60.2 Å². The highest BCUT2D eigenvalue weighted by molar-refractivity contribution is 7.91. The van der Waals surface area contributed by atoms with Crippen molar-refractivity contribution in [2.75, 3.05) is 5.75 Å². The molecule has 0 atom stereocenters. The third kappa shape index (κ3) is 3.10. The highest BCUT2D eigenvalue weighted by atomic mass is 35.5. The second kappa shape index (κ2) is 5.87. The molecule has 0 aromatic heterocycles. The van der Waals surface area contributed by atoms with Gasteiger partial charge in [0.2, 0.25) is 0 Å². The summed E-state index contributed by atoms with van der Waals surface area (Å²) in [5.74, 6) is 0.0719. The fourth-order valence-corrected chi connectivity index (χ4v) is 3.22. The summed E-state index contributed by atoms with van der Waals surface area (Å²) in [6.45, 7) is 3.52. The van der Waals surface area contributed by atoms with Gasteiger partial charge in [0.05, 0.1) is 10.6 Å². The number of sulfone groups is 1. The number of nitrogens with two attached hydrogens (primary N) is 1. The molecule has 0 fully saturated rings. The van der Waals surface area contributed by atoms with Crippen molar-refractivity contribution in [1.29, 1.82) is 0 Å². The number of hydrogen-bond donors (Lipinski definition) is 1. The Morgan fingerprint density at radius 3 is 2.38 bits per heavy atom. The van der Waals surface area contributed by atoms with Gasteiger partial charge in [0.1, 0.15) is 0 Å². The molecule has 6 heteroatoms. The van der Waals surface area contributed by atoms with Gasteiger partial charge in [-0.15, -0.1) is 12.4 Å². The zero-order valence-corrected chi connectivity index (χ0v) is 11.5. The van der Waals surface area contributed by atoms with Crippen molar-refractivity contribution < 1.29 is 8.42 Å². The highest BCUT2D eigenvalue weighted by Crippen LogP contribution is 2.25. The standard InChI is InChI=1S/C10H14ClNO2S.ClH/c1-3-15(13,14)10-7(2)4-9(11)5-8(10)6-12;/h4-5H,3,6,12H2,1-2H3;1H. The summed E-state index contributed by atoms with van der Waals surface area (Å²) in [6, 6.07) is 3.25. The van der Waals surface area contributed by atoms with E-state index in [0.29, 0.717) is 21.0 Å². The third-order valence-electron chi connectivity index (χ3n) is 2.23. The van der Waals surface area contributed by atoms with Gasteiger partial charge in [0.25, 0.3) is 0 Å². The summed E-state index contributed by atoms with van der Waals surface area (Å²) in [7, 11) is -3.23. The fraction of sp³-hybridized carbons (Fsp3) is 0.400. The zero-order chi connectivity index (χ0) is 11.6. The first-order valence-corrected chi connectivity index (χ1v) is 6.67. The fourth-order valence-electron chi connectivity index (χ4n) is 1.54. The Labute approximate surface area is 107 Å². The van der Waals surface area contributed by atoms with Crippen LogP contribution in [0.3, 0.4) is 0 Å². The molecule has 0 bridgehead atoms. The van der Waals surface area contributed by atoms with Gasteiger partial charge in [-0.1, -0.05) is 18.5 Å². The second-order valence-electron chi connectivity index (χ2n) is 3.32. The summed E-state index contributed by atoms with van der Waals surface area (Å²) in [4.78, 5) is 0.330. The molecule has 0 saturated heterocycles.